The van der Waals surface area contributed by atoms with Crippen molar-refractivity contribution in [1.29, 1.82) is 0 Å². The summed E-state index contributed by atoms with van der Waals surface area (Å²) in [6, 6.07) is 8.68. The van der Waals surface area contributed by atoms with Crippen molar-refractivity contribution in [3.8, 4) is 0 Å². The minimum atomic E-state index is 0.326. The molecule has 1 aromatic carbocycles. The molecule has 3 rings (SSSR count). The van der Waals surface area contributed by atoms with Crippen molar-refractivity contribution in [3.63, 3.8) is 0 Å². The molecular weight excluding hydrogens is 234 g/mol. The van der Waals surface area contributed by atoms with Gasteiger partial charge in [0.2, 0.25) is 5.91 Å². The molecule has 2 nitrogen and oxygen atoms in total. The van der Waals surface area contributed by atoms with Crippen LogP contribution in [0.5, 0.6) is 0 Å². The predicted octanol–water partition coefficient (Wildman–Crippen LogP) is 3.77. The van der Waals surface area contributed by atoms with Gasteiger partial charge in [0, 0.05) is 18.7 Å². The minimum absolute atomic E-state index is 0.326. The van der Waals surface area contributed by atoms with E-state index in [1.807, 2.05) is 0 Å². The van der Waals surface area contributed by atoms with Crippen molar-refractivity contribution < 1.29 is 4.79 Å². The van der Waals surface area contributed by atoms with Gasteiger partial charge in [0.15, 0.2) is 0 Å². The molecule has 0 spiro atoms. The lowest BCUT2D eigenvalue weighted by molar-refractivity contribution is -0.129. The number of allylic oxidation sites excluding steroid dienone is 2. The molecule has 0 atom stereocenters. The smallest absolute Gasteiger partial charge is 0.227 e. The summed E-state index contributed by atoms with van der Waals surface area (Å²) in [5.41, 5.74) is 5.57. The first-order chi connectivity index (χ1) is 9.31. The lowest BCUT2D eigenvalue weighted by Gasteiger charge is -2.35. The molecule has 100 valence electrons. The van der Waals surface area contributed by atoms with Crippen LogP contribution in [0.4, 0.5) is 0 Å². The van der Waals surface area contributed by atoms with E-state index in [0.717, 1.165) is 38.6 Å². The first-order valence-corrected chi connectivity index (χ1v) is 7.42. The molecule has 0 radical (unpaired) electrons. The van der Waals surface area contributed by atoms with Gasteiger partial charge in [0.05, 0.1) is 0 Å². The van der Waals surface area contributed by atoms with Gasteiger partial charge in [-0.25, -0.2) is 0 Å². The molecule has 19 heavy (non-hydrogen) atoms. The van der Waals surface area contributed by atoms with Crippen LogP contribution in [-0.2, 0) is 11.2 Å². The lowest BCUT2D eigenvalue weighted by atomic mass is 9.83. The van der Waals surface area contributed by atoms with Crippen LogP contribution in [0.25, 0.3) is 5.57 Å². The Kier molecular flexibility index (Phi) is 3.41. The maximum atomic E-state index is 12.2. The summed E-state index contributed by atoms with van der Waals surface area (Å²) in [6.07, 6.45) is 5.95. The molecule has 0 unspecified atom stereocenters. The van der Waals surface area contributed by atoms with Gasteiger partial charge in [0.25, 0.3) is 0 Å². The molecule has 1 aliphatic carbocycles. The number of unbranched alkanes of at least 4 members (excludes halogenated alkanes) is 1. The summed E-state index contributed by atoms with van der Waals surface area (Å²) in [5, 5.41) is 0. The van der Waals surface area contributed by atoms with Crippen LogP contribution >= 0.6 is 0 Å². The number of carbonyl (C=O) groups is 1. The number of aryl methyl sites for hydroxylation is 1. The third-order valence-corrected chi connectivity index (χ3v) is 4.27. The van der Waals surface area contributed by atoms with E-state index in [2.05, 4.69) is 36.1 Å². The molecular formula is C17H21NO. The Morgan fingerprint density at radius 3 is 2.79 bits per heavy atom. The Labute approximate surface area is 115 Å². The Morgan fingerprint density at radius 2 is 1.95 bits per heavy atom. The van der Waals surface area contributed by atoms with Crippen LogP contribution in [-0.4, -0.2) is 17.4 Å². The fourth-order valence-electron chi connectivity index (χ4n) is 3.26. The summed E-state index contributed by atoms with van der Waals surface area (Å²) >= 11 is 0. The normalized spacial score (nSPS) is 18.4. The first kappa shape index (κ1) is 12.5. The number of hydrogen-bond donors (Lipinski definition) is 0. The second kappa shape index (κ2) is 5.20. The molecule has 0 saturated carbocycles. The number of hydrogen-bond acceptors (Lipinski definition) is 1. The Balaban J connectivity index is 1.99. The largest absolute Gasteiger partial charge is 0.316 e. The zero-order chi connectivity index (χ0) is 13.2. The third kappa shape index (κ3) is 2.20. The molecule has 1 aromatic rings. The van der Waals surface area contributed by atoms with Crippen LogP contribution in [0.1, 0.15) is 50.2 Å². The van der Waals surface area contributed by atoms with Crippen molar-refractivity contribution in [2.24, 2.45) is 0 Å². The minimum Gasteiger partial charge on any atom is -0.316 e. The Morgan fingerprint density at radius 1 is 1.11 bits per heavy atom. The SMILES string of the molecule is CCCCN1C(=O)CCC2=C1CCc1ccccc12. The monoisotopic (exact) mass is 255 g/mol. The van der Waals surface area contributed by atoms with E-state index in [0.29, 0.717) is 12.3 Å². The number of benzene rings is 1. The average Bonchev–Trinajstić information content (AvgIpc) is 2.46. The highest BCUT2D eigenvalue weighted by molar-refractivity contribution is 5.88. The van der Waals surface area contributed by atoms with E-state index in [4.69, 9.17) is 0 Å². The van der Waals surface area contributed by atoms with E-state index in [1.165, 1.54) is 22.4 Å². The summed E-state index contributed by atoms with van der Waals surface area (Å²) in [4.78, 5) is 14.2. The number of fused-ring (bicyclic) bond motifs is 2. The van der Waals surface area contributed by atoms with Crippen molar-refractivity contribution in [2.45, 2.75) is 45.4 Å². The molecule has 0 aromatic heterocycles. The second-order valence-electron chi connectivity index (χ2n) is 5.48. The van der Waals surface area contributed by atoms with E-state index in [1.54, 1.807) is 0 Å². The van der Waals surface area contributed by atoms with Crippen molar-refractivity contribution >= 4 is 11.5 Å². The van der Waals surface area contributed by atoms with Gasteiger partial charge in [0.1, 0.15) is 0 Å². The summed E-state index contributed by atoms with van der Waals surface area (Å²) < 4.78 is 0. The lowest BCUT2D eigenvalue weighted by Crippen LogP contribution is -2.36. The summed E-state index contributed by atoms with van der Waals surface area (Å²) in [5.74, 6) is 0.326. The Bertz CT molecular complexity index is 530. The van der Waals surface area contributed by atoms with Crippen LogP contribution in [0.2, 0.25) is 0 Å². The van der Waals surface area contributed by atoms with Crippen LogP contribution in [0, 0.1) is 0 Å². The molecule has 0 fully saturated rings. The number of nitrogens with zero attached hydrogens (tertiary/aromatic N) is 1. The fraction of sp³-hybridized carbons (Fsp3) is 0.471. The van der Waals surface area contributed by atoms with Crippen molar-refractivity contribution in [2.75, 3.05) is 6.54 Å². The van der Waals surface area contributed by atoms with Crippen LogP contribution < -0.4 is 0 Å². The first-order valence-electron chi connectivity index (χ1n) is 7.42. The topological polar surface area (TPSA) is 20.3 Å². The van der Waals surface area contributed by atoms with Gasteiger partial charge >= 0.3 is 0 Å². The van der Waals surface area contributed by atoms with E-state index in [9.17, 15) is 4.79 Å². The number of rotatable bonds is 3. The van der Waals surface area contributed by atoms with E-state index in [-0.39, 0.29) is 0 Å². The quantitative estimate of drug-likeness (QED) is 0.805. The Hall–Kier alpha value is -1.57. The maximum Gasteiger partial charge on any atom is 0.227 e. The highest BCUT2D eigenvalue weighted by Gasteiger charge is 2.29. The molecule has 2 heteroatoms. The molecule has 2 aliphatic rings. The van der Waals surface area contributed by atoms with E-state index < -0.39 is 0 Å². The summed E-state index contributed by atoms with van der Waals surface area (Å²) in [6.45, 7) is 3.08. The molecule has 0 bridgehead atoms. The van der Waals surface area contributed by atoms with Gasteiger partial charge in [-0.1, -0.05) is 37.6 Å². The van der Waals surface area contributed by atoms with E-state index >= 15 is 0 Å². The van der Waals surface area contributed by atoms with Crippen molar-refractivity contribution in [3.05, 3.63) is 41.1 Å². The second-order valence-corrected chi connectivity index (χ2v) is 5.48. The number of amides is 1. The van der Waals surface area contributed by atoms with Gasteiger partial charge in [-0.2, -0.15) is 0 Å². The predicted molar refractivity (Wildman–Crippen MR) is 77.5 cm³/mol. The third-order valence-electron chi connectivity index (χ3n) is 4.27. The molecule has 0 N–H and O–H groups in total. The van der Waals surface area contributed by atoms with Crippen LogP contribution in [0.3, 0.4) is 0 Å². The van der Waals surface area contributed by atoms with Gasteiger partial charge < -0.3 is 4.90 Å². The fourth-order valence-corrected chi connectivity index (χ4v) is 3.26. The highest BCUT2D eigenvalue weighted by atomic mass is 16.2. The average molecular weight is 255 g/mol. The van der Waals surface area contributed by atoms with Gasteiger partial charge in [-0.15, -0.1) is 0 Å². The standard InChI is InChI=1S/C17H21NO/c1-2-3-12-18-16-10-8-13-6-4-5-7-14(13)15(16)9-11-17(18)19/h4-7H,2-3,8-12H2,1H3. The van der Waals surface area contributed by atoms with Crippen molar-refractivity contribution in [1.82, 2.24) is 4.90 Å². The zero-order valence-corrected chi connectivity index (χ0v) is 11.6. The molecule has 1 heterocycles. The molecule has 1 amide bonds. The van der Waals surface area contributed by atoms with Crippen LogP contribution in [0.15, 0.2) is 30.0 Å². The molecule has 0 saturated heterocycles. The molecule has 1 aliphatic heterocycles. The summed E-state index contributed by atoms with van der Waals surface area (Å²) in [7, 11) is 0. The zero-order valence-electron chi connectivity index (χ0n) is 11.6. The van der Waals surface area contributed by atoms with Gasteiger partial charge in [-0.05, 0) is 42.4 Å². The maximum absolute atomic E-state index is 12.2. The van der Waals surface area contributed by atoms with Gasteiger partial charge in [-0.3, -0.25) is 4.79 Å². The highest BCUT2D eigenvalue weighted by Crippen LogP contribution is 2.39. The number of carbonyl (C=O) groups excluding carboxylic acids is 1.